The van der Waals surface area contributed by atoms with Crippen molar-refractivity contribution in [2.75, 3.05) is 0 Å². The van der Waals surface area contributed by atoms with Crippen molar-refractivity contribution in [2.45, 2.75) is 25.8 Å². The highest BCUT2D eigenvalue weighted by molar-refractivity contribution is 4.73. The maximum Gasteiger partial charge on any atom is 0.0692 e. The second kappa shape index (κ2) is 2.40. The van der Waals surface area contributed by atoms with Gasteiger partial charge in [-0.2, -0.15) is 0 Å². The fourth-order valence-electron chi connectivity index (χ4n) is 1.07. The molecule has 54 valence electrons. The summed E-state index contributed by atoms with van der Waals surface area (Å²) in [6, 6.07) is 0. The zero-order valence-electron chi connectivity index (χ0n) is 5.90. The number of nitrogens with zero attached hydrogens (tertiary/aromatic N) is 3. The summed E-state index contributed by atoms with van der Waals surface area (Å²) >= 11 is 0. The van der Waals surface area contributed by atoms with Gasteiger partial charge in [0.2, 0.25) is 0 Å². The lowest BCUT2D eigenvalue weighted by molar-refractivity contribution is 0.531. The highest BCUT2D eigenvalue weighted by Crippen LogP contribution is 2.32. The standard InChI is InChI=1S/C7H11N3/c1-2-7(1)3-5-10-6-4-8-9-10/h4,6-7H,1-3,5H2. The molecule has 0 spiro atoms. The van der Waals surface area contributed by atoms with E-state index in [1.54, 1.807) is 6.20 Å². The van der Waals surface area contributed by atoms with E-state index in [2.05, 4.69) is 10.3 Å². The molecule has 1 aromatic heterocycles. The summed E-state index contributed by atoms with van der Waals surface area (Å²) in [5.41, 5.74) is 0. The molecular formula is C7H11N3. The quantitative estimate of drug-likeness (QED) is 0.624. The van der Waals surface area contributed by atoms with E-state index in [0.29, 0.717) is 0 Å². The lowest BCUT2D eigenvalue weighted by Crippen LogP contribution is -1.99. The summed E-state index contributed by atoms with van der Waals surface area (Å²) in [7, 11) is 0. The molecule has 0 unspecified atom stereocenters. The molecule has 0 aromatic carbocycles. The second-order valence-electron chi connectivity index (χ2n) is 2.90. The molecular weight excluding hydrogens is 126 g/mol. The molecule has 1 aliphatic carbocycles. The van der Waals surface area contributed by atoms with E-state index in [4.69, 9.17) is 0 Å². The highest BCUT2D eigenvalue weighted by Gasteiger charge is 2.20. The number of rotatable bonds is 3. The summed E-state index contributed by atoms with van der Waals surface area (Å²) in [6.45, 7) is 1.05. The molecule has 1 saturated carbocycles. The Labute approximate surface area is 60.0 Å². The molecule has 3 heteroatoms. The van der Waals surface area contributed by atoms with Crippen molar-refractivity contribution in [3.8, 4) is 0 Å². The minimum absolute atomic E-state index is 0.990. The van der Waals surface area contributed by atoms with Crippen LogP contribution in [0.15, 0.2) is 12.4 Å². The summed E-state index contributed by atoms with van der Waals surface area (Å²) in [5, 5.41) is 7.62. The molecule has 1 aromatic rings. The molecule has 1 aliphatic rings. The number of hydrogen-bond donors (Lipinski definition) is 0. The second-order valence-corrected chi connectivity index (χ2v) is 2.90. The number of aryl methyl sites for hydroxylation is 1. The molecule has 0 aliphatic heterocycles. The SMILES string of the molecule is c1cn(CCC2CC2)nn1. The van der Waals surface area contributed by atoms with Crippen molar-refractivity contribution in [3.63, 3.8) is 0 Å². The number of aromatic nitrogens is 3. The fraction of sp³-hybridized carbons (Fsp3) is 0.714. The Balaban J connectivity index is 1.79. The molecule has 1 fully saturated rings. The van der Waals surface area contributed by atoms with Crippen LogP contribution in [-0.2, 0) is 6.54 Å². The Bertz CT molecular complexity index is 189. The summed E-state index contributed by atoms with van der Waals surface area (Å²) in [5.74, 6) is 0.990. The predicted molar refractivity (Wildman–Crippen MR) is 37.4 cm³/mol. The third kappa shape index (κ3) is 1.35. The van der Waals surface area contributed by atoms with Crippen molar-refractivity contribution in [1.82, 2.24) is 15.0 Å². The van der Waals surface area contributed by atoms with Crippen LogP contribution >= 0.6 is 0 Å². The van der Waals surface area contributed by atoms with E-state index in [1.165, 1.54) is 19.3 Å². The fourth-order valence-corrected chi connectivity index (χ4v) is 1.07. The summed E-state index contributed by atoms with van der Waals surface area (Å²) in [6.07, 6.45) is 7.78. The Hall–Kier alpha value is -0.860. The molecule has 2 rings (SSSR count). The zero-order valence-corrected chi connectivity index (χ0v) is 5.90. The monoisotopic (exact) mass is 137 g/mol. The summed E-state index contributed by atoms with van der Waals surface area (Å²) < 4.78 is 1.90. The van der Waals surface area contributed by atoms with Gasteiger partial charge in [-0.05, 0) is 12.3 Å². The van der Waals surface area contributed by atoms with E-state index in [9.17, 15) is 0 Å². The van der Waals surface area contributed by atoms with Gasteiger partial charge in [0.05, 0.1) is 6.20 Å². The summed E-state index contributed by atoms with van der Waals surface area (Å²) in [4.78, 5) is 0. The van der Waals surface area contributed by atoms with Gasteiger partial charge in [0.1, 0.15) is 0 Å². The maximum atomic E-state index is 3.88. The molecule has 3 nitrogen and oxygen atoms in total. The van der Waals surface area contributed by atoms with E-state index in [-0.39, 0.29) is 0 Å². The minimum Gasteiger partial charge on any atom is -0.253 e. The van der Waals surface area contributed by atoms with Crippen LogP contribution in [0.5, 0.6) is 0 Å². The molecule has 10 heavy (non-hydrogen) atoms. The van der Waals surface area contributed by atoms with Gasteiger partial charge < -0.3 is 0 Å². The van der Waals surface area contributed by atoms with Gasteiger partial charge >= 0.3 is 0 Å². The third-order valence-electron chi connectivity index (χ3n) is 1.94. The first-order valence-electron chi connectivity index (χ1n) is 3.79. The van der Waals surface area contributed by atoms with Gasteiger partial charge in [0.15, 0.2) is 0 Å². The largest absolute Gasteiger partial charge is 0.253 e. The van der Waals surface area contributed by atoms with Crippen LogP contribution in [0.4, 0.5) is 0 Å². The van der Waals surface area contributed by atoms with Crippen LogP contribution in [0.1, 0.15) is 19.3 Å². The molecule has 0 radical (unpaired) electrons. The number of hydrogen-bond acceptors (Lipinski definition) is 2. The van der Waals surface area contributed by atoms with Crippen LogP contribution < -0.4 is 0 Å². The Morgan fingerprint density at radius 2 is 2.40 bits per heavy atom. The van der Waals surface area contributed by atoms with Gasteiger partial charge in [0.25, 0.3) is 0 Å². The lowest BCUT2D eigenvalue weighted by Gasteiger charge is -1.95. The molecule has 0 amide bonds. The van der Waals surface area contributed by atoms with Crippen LogP contribution in [0.3, 0.4) is 0 Å². The topological polar surface area (TPSA) is 30.7 Å². The van der Waals surface area contributed by atoms with E-state index in [1.807, 2.05) is 10.9 Å². The highest BCUT2D eigenvalue weighted by atomic mass is 15.4. The van der Waals surface area contributed by atoms with Gasteiger partial charge in [-0.15, -0.1) is 5.10 Å². The Kier molecular flexibility index (Phi) is 1.42. The van der Waals surface area contributed by atoms with E-state index >= 15 is 0 Å². The van der Waals surface area contributed by atoms with Crippen molar-refractivity contribution in [3.05, 3.63) is 12.4 Å². The van der Waals surface area contributed by atoms with Crippen LogP contribution in [0.25, 0.3) is 0 Å². The first-order chi connectivity index (χ1) is 4.95. The van der Waals surface area contributed by atoms with E-state index < -0.39 is 0 Å². The van der Waals surface area contributed by atoms with Crippen molar-refractivity contribution < 1.29 is 0 Å². The first kappa shape index (κ1) is 5.89. The normalized spacial score (nSPS) is 17.6. The molecule has 1 heterocycles. The van der Waals surface area contributed by atoms with Gasteiger partial charge in [-0.3, -0.25) is 4.68 Å². The molecule has 0 atom stereocenters. The van der Waals surface area contributed by atoms with Gasteiger partial charge in [-0.25, -0.2) is 0 Å². The Morgan fingerprint density at radius 3 is 3.00 bits per heavy atom. The average molecular weight is 137 g/mol. The third-order valence-corrected chi connectivity index (χ3v) is 1.94. The first-order valence-corrected chi connectivity index (χ1v) is 3.79. The molecule has 0 N–H and O–H groups in total. The van der Waals surface area contributed by atoms with Gasteiger partial charge in [-0.1, -0.05) is 18.1 Å². The van der Waals surface area contributed by atoms with E-state index in [0.717, 1.165) is 12.5 Å². The molecule has 0 saturated heterocycles. The lowest BCUT2D eigenvalue weighted by atomic mass is 10.3. The van der Waals surface area contributed by atoms with Crippen LogP contribution in [0, 0.1) is 5.92 Å². The Morgan fingerprint density at radius 1 is 1.50 bits per heavy atom. The van der Waals surface area contributed by atoms with Gasteiger partial charge in [0, 0.05) is 12.7 Å². The minimum atomic E-state index is 0.990. The van der Waals surface area contributed by atoms with Crippen molar-refractivity contribution in [2.24, 2.45) is 5.92 Å². The van der Waals surface area contributed by atoms with Crippen molar-refractivity contribution in [1.29, 1.82) is 0 Å². The van der Waals surface area contributed by atoms with Crippen LogP contribution in [0.2, 0.25) is 0 Å². The average Bonchev–Trinajstić information content (AvgIpc) is 2.63. The molecule has 0 bridgehead atoms. The predicted octanol–water partition coefficient (Wildman–Crippen LogP) is 1.08. The maximum absolute atomic E-state index is 3.88. The van der Waals surface area contributed by atoms with Crippen LogP contribution in [-0.4, -0.2) is 15.0 Å². The van der Waals surface area contributed by atoms with Crippen molar-refractivity contribution >= 4 is 0 Å². The zero-order chi connectivity index (χ0) is 6.81. The smallest absolute Gasteiger partial charge is 0.0692 e.